The number of hydrogen-bond acceptors (Lipinski definition) is 6. The summed E-state index contributed by atoms with van der Waals surface area (Å²) in [6, 6.07) is 15.9. The lowest BCUT2D eigenvalue weighted by molar-refractivity contribution is -0.112. The van der Waals surface area contributed by atoms with Gasteiger partial charge in [0.15, 0.2) is 5.75 Å². The van der Waals surface area contributed by atoms with Crippen molar-refractivity contribution >= 4 is 75.6 Å². The Balaban J connectivity index is 1.81. The van der Waals surface area contributed by atoms with Gasteiger partial charge in [0.05, 0.1) is 17.3 Å². The molecule has 0 heterocycles. The first-order chi connectivity index (χ1) is 16.5. The first kappa shape index (κ1) is 26.9. The van der Waals surface area contributed by atoms with Crippen molar-refractivity contribution in [3.63, 3.8) is 0 Å². The van der Waals surface area contributed by atoms with Gasteiger partial charge >= 0.3 is 10.1 Å². The van der Waals surface area contributed by atoms with E-state index >= 15 is 0 Å². The monoisotopic (exact) mass is 682 g/mol. The van der Waals surface area contributed by atoms with E-state index in [0.717, 1.165) is 5.56 Å². The number of carbonyl (C=O) groups excluding carboxylic acids is 1. The molecule has 0 spiro atoms. The first-order valence-corrected chi connectivity index (χ1v) is 13.6. The van der Waals surface area contributed by atoms with E-state index < -0.39 is 16.0 Å². The van der Waals surface area contributed by atoms with Crippen LogP contribution in [-0.2, 0) is 14.9 Å². The van der Waals surface area contributed by atoms with Crippen LogP contribution in [0.15, 0.2) is 78.5 Å². The highest BCUT2D eigenvalue weighted by Gasteiger charge is 2.19. The van der Waals surface area contributed by atoms with Crippen LogP contribution in [0.3, 0.4) is 0 Å². The van der Waals surface area contributed by atoms with Gasteiger partial charge in [-0.15, -0.1) is 0 Å². The first-order valence-electron chi connectivity index (χ1n) is 9.81. The van der Waals surface area contributed by atoms with E-state index in [2.05, 4.69) is 53.1 Å². The Morgan fingerprint density at radius 1 is 1.00 bits per heavy atom. The predicted octanol–water partition coefficient (Wildman–Crippen LogP) is 6.60. The molecule has 0 aliphatic heterocycles. The zero-order valence-electron chi connectivity index (χ0n) is 18.3. The Labute approximate surface area is 228 Å². The van der Waals surface area contributed by atoms with Gasteiger partial charge in [0.2, 0.25) is 0 Å². The molecule has 1 amide bonds. The van der Waals surface area contributed by atoms with E-state index in [1.54, 1.807) is 6.07 Å². The Morgan fingerprint density at radius 2 is 1.63 bits per heavy atom. The van der Waals surface area contributed by atoms with Crippen LogP contribution in [0.4, 0.5) is 5.69 Å². The lowest BCUT2D eigenvalue weighted by Gasteiger charge is -2.11. The second-order valence-corrected chi connectivity index (χ2v) is 11.2. The number of nitrogens with zero attached hydrogens (tertiary/aromatic N) is 1. The quantitative estimate of drug-likeness (QED) is 0.171. The summed E-state index contributed by atoms with van der Waals surface area (Å²) >= 11 is 10.1. The molecule has 3 aromatic carbocycles. The molecular formula is C24H17Br3N2O5S. The number of anilines is 1. The number of ether oxygens (including phenoxy) is 1. The molecular weight excluding hydrogens is 668 g/mol. The number of benzene rings is 3. The van der Waals surface area contributed by atoms with E-state index in [1.807, 2.05) is 25.1 Å². The molecule has 35 heavy (non-hydrogen) atoms. The molecule has 0 unspecified atom stereocenters. The van der Waals surface area contributed by atoms with Crippen molar-refractivity contribution in [2.75, 3.05) is 12.4 Å². The number of rotatable bonds is 7. The smallest absolute Gasteiger partial charge is 0.339 e. The van der Waals surface area contributed by atoms with Crippen LogP contribution in [0.1, 0.15) is 11.1 Å². The predicted molar refractivity (Wildman–Crippen MR) is 144 cm³/mol. The summed E-state index contributed by atoms with van der Waals surface area (Å²) in [5.41, 5.74) is 1.82. The van der Waals surface area contributed by atoms with Gasteiger partial charge < -0.3 is 14.2 Å². The third-order valence-corrected chi connectivity index (χ3v) is 7.72. The standard InChI is InChI=1S/C24H17Br3N2O5S/c1-14-9-20(26)23(21(27)10-14)29-24(30)16(13-28)11-15-3-8-22(19(25)12-15)34-35(31,32)18-6-4-17(33-2)5-7-18/h3-12H,1-2H3,(H,29,30)/b16-11+. The highest BCUT2D eigenvalue weighted by Crippen LogP contribution is 2.33. The third-order valence-electron chi connectivity index (χ3n) is 4.60. The third kappa shape index (κ3) is 6.73. The molecule has 0 aliphatic carbocycles. The van der Waals surface area contributed by atoms with Crippen molar-refractivity contribution in [1.29, 1.82) is 5.26 Å². The summed E-state index contributed by atoms with van der Waals surface area (Å²) < 4.78 is 37.1. The lowest BCUT2D eigenvalue weighted by Crippen LogP contribution is -2.14. The summed E-state index contributed by atoms with van der Waals surface area (Å²) in [5.74, 6) is -0.0366. The van der Waals surface area contributed by atoms with Crippen molar-refractivity contribution < 1.29 is 22.1 Å². The van der Waals surface area contributed by atoms with Gasteiger partial charge in [0, 0.05) is 8.95 Å². The number of nitrogens with one attached hydrogen (secondary N) is 1. The second-order valence-electron chi connectivity index (χ2n) is 7.13. The highest BCUT2D eigenvalue weighted by molar-refractivity contribution is 9.11. The minimum atomic E-state index is -4.09. The van der Waals surface area contributed by atoms with Crippen molar-refractivity contribution in [2.45, 2.75) is 11.8 Å². The minimum Gasteiger partial charge on any atom is -0.497 e. The topological polar surface area (TPSA) is 105 Å². The number of amides is 1. The summed E-state index contributed by atoms with van der Waals surface area (Å²) in [5, 5.41) is 12.2. The Bertz CT molecular complexity index is 1440. The van der Waals surface area contributed by atoms with Crippen molar-refractivity contribution in [2.24, 2.45) is 0 Å². The van der Waals surface area contributed by atoms with E-state index in [9.17, 15) is 18.5 Å². The van der Waals surface area contributed by atoms with Crippen molar-refractivity contribution in [3.8, 4) is 17.6 Å². The molecule has 7 nitrogen and oxygen atoms in total. The summed E-state index contributed by atoms with van der Waals surface area (Å²) in [7, 11) is -2.61. The Kier molecular flexibility index (Phi) is 8.77. The fourth-order valence-corrected chi connectivity index (χ4v) is 6.04. The second kappa shape index (κ2) is 11.4. The zero-order chi connectivity index (χ0) is 25.8. The summed E-state index contributed by atoms with van der Waals surface area (Å²) in [4.78, 5) is 12.7. The van der Waals surface area contributed by atoms with Gasteiger partial charge in [-0.2, -0.15) is 13.7 Å². The van der Waals surface area contributed by atoms with Crippen LogP contribution < -0.4 is 14.2 Å². The van der Waals surface area contributed by atoms with Crippen LogP contribution in [0, 0.1) is 18.3 Å². The lowest BCUT2D eigenvalue weighted by atomic mass is 10.1. The van der Waals surface area contributed by atoms with E-state index in [4.69, 9.17) is 8.92 Å². The number of hydrogen-bond donors (Lipinski definition) is 1. The minimum absolute atomic E-state index is 0.0361. The maximum atomic E-state index is 12.7. The van der Waals surface area contributed by atoms with Gasteiger partial charge in [0.25, 0.3) is 5.91 Å². The van der Waals surface area contributed by atoms with Crippen LogP contribution in [0.5, 0.6) is 11.5 Å². The largest absolute Gasteiger partial charge is 0.497 e. The molecule has 0 atom stereocenters. The van der Waals surface area contributed by atoms with Gasteiger partial charge in [-0.25, -0.2) is 0 Å². The average molecular weight is 685 g/mol. The molecule has 0 bridgehead atoms. The number of aryl methyl sites for hydroxylation is 1. The molecule has 0 aromatic heterocycles. The van der Waals surface area contributed by atoms with Gasteiger partial charge in [-0.05, 0) is 120 Å². The van der Waals surface area contributed by atoms with Gasteiger partial charge in [0.1, 0.15) is 22.3 Å². The van der Waals surface area contributed by atoms with Crippen molar-refractivity contribution in [3.05, 3.63) is 84.7 Å². The van der Waals surface area contributed by atoms with Crippen LogP contribution >= 0.6 is 47.8 Å². The maximum Gasteiger partial charge on any atom is 0.339 e. The Morgan fingerprint density at radius 3 is 2.17 bits per heavy atom. The molecule has 0 saturated carbocycles. The molecule has 3 aromatic rings. The number of carbonyl (C=O) groups is 1. The van der Waals surface area contributed by atoms with E-state index in [-0.39, 0.29) is 16.2 Å². The molecule has 3 rings (SSSR count). The van der Waals surface area contributed by atoms with Crippen LogP contribution in [0.2, 0.25) is 0 Å². The molecule has 1 N–H and O–H groups in total. The molecule has 11 heteroatoms. The number of halogens is 3. The van der Waals surface area contributed by atoms with Crippen LogP contribution in [-0.4, -0.2) is 21.4 Å². The summed E-state index contributed by atoms with van der Waals surface area (Å²) in [6.45, 7) is 1.91. The normalized spacial score (nSPS) is 11.5. The fourth-order valence-electron chi connectivity index (χ4n) is 2.90. The SMILES string of the molecule is COc1ccc(S(=O)(=O)Oc2ccc(/C=C(\C#N)C(=O)Nc3c(Br)cc(C)cc3Br)cc2Br)cc1. The molecule has 0 aliphatic rings. The molecule has 180 valence electrons. The van der Waals surface area contributed by atoms with Crippen LogP contribution in [0.25, 0.3) is 6.08 Å². The maximum absolute atomic E-state index is 12.7. The zero-order valence-corrected chi connectivity index (χ0v) is 23.9. The van der Waals surface area contributed by atoms with E-state index in [1.165, 1.54) is 49.6 Å². The van der Waals surface area contributed by atoms with E-state index in [0.29, 0.717) is 30.4 Å². The fraction of sp³-hybridized carbons (Fsp3) is 0.0833. The Hall–Kier alpha value is -2.65. The number of nitriles is 1. The molecule has 0 fully saturated rings. The number of methoxy groups -OCH3 is 1. The molecule has 0 saturated heterocycles. The average Bonchev–Trinajstić information content (AvgIpc) is 2.81. The van der Waals surface area contributed by atoms with Crippen molar-refractivity contribution in [1.82, 2.24) is 0 Å². The van der Waals surface area contributed by atoms with Gasteiger partial charge in [-0.1, -0.05) is 6.07 Å². The molecule has 0 radical (unpaired) electrons. The van der Waals surface area contributed by atoms with Gasteiger partial charge in [-0.3, -0.25) is 4.79 Å². The summed E-state index contributed by atoms with van der Waals surface area (Å²) in [6.07, 6.45) is 1.39. The highest BCUT2D eigenvalue weighted by atomic mass is 79.9.